The Labute approximate surface area is 157 Å². The molecule has 1 saturated heterocycles. The molecule has 0 aromatic heterocycles. The molecule has 3 rings (SSSR count). The van der Waals surface area contributed by atoms with Gasteiger partial charge in [0.05, 0.1) is 18.6 Å². The normalized spacial score (nSPS) is 22.7. The van der Waals surface area contributed by atoms with E-state index in [1.54, 1.807) is 0 Å². The molecule has 2 aliphatic rings. The number of hydrogen-bond acceptors (Lipinski definition) is 4. The summed E-state index contributed by atoms with van der Waals surface area (Å²) in [4.78, 5) is 15.1. The first-order valence-electron chi connectivity index (χ1n) is 9.89. The van der Waals surface area contributed by atoms with E-state index in [9.17, 15) is 4.79 Å². The van der Waals surface area contributed by atoms with Gasteiger partial charge in [-0.15, -0.1) is 0 Å². The maximum atomic E-state index is 12.5. The molecule has 2 fully saturated rings. The summed E-state index contributed by atoms with van der Waals surface area (Å²) in [6.07, 6.45) is 6.51. The zero-order chi connectivity index (χ0) is 18.6. The van der Waals surface area contributed by atoms with Crippen molar-refractivity contribution in [3.63, 3.8) is 0 Å². The van der Waals surface area contributed by atoms with Crippen molar-refractivity contribution in [2.24, 2.45) is 0 Å². The van der Waals surface area contributed by atoms with Gasteiger partial charge in [0.15, 0.2) is 0 Å². The molecule has 5 heteroatoms. The predicted molar refractivity (Wildman–Crippen MR) is 105 cm³/mol. The molecule has 3 N–H and O–H groups in total. The Kier molecular flexibility index (Phi) is 5.88. The third-order valence-corrected chi connectivity index (χ3v) is 5.84. The van der Waals surface area contributed by atoms with Crippen molar-refractivity contribution >= 4 is 11.6 Å². The van der Waals surface area contributed by atoms with E-state index >= 15 is 0 Å². The lowest BCUT2D eigenvalue weighted by molar-refractivity contribution is -0.129. The lowest BCUT2D eigenvalue weighted by Crippen LogP contribution is -2.63. The van der Waals surface area contributed by atoms with Gasteiger partial charge >= 0.3 is 0 Å². The number of rotatable bonds is 5. The second kappa shape index (κ2) is 7.97. The second-order valence-corrected chi connectivity index (χ2v) is 8.51. The first-order valence-corrected chi connectivity index (χ1v) is 9.89. The summed E-state index contributed by atoms with van der Waals surface area (Å²) < 4.78 is 5.91. The number of nitrogens with two attached hydrogens (primary N) is 1. The minimum atomic E-state index is -0.114. The Bertz CT molecular complexity index is 606. The van der Waals surface area contributed by atoms with Gasteiger partial charge in [-0.2, -0.15) is 0 Å². The van der Waals surface area contributed by atoms with E-state index < -0.39 is 0 Å². The molecule has 0 atom stereocenters. The third kappa shape index (κ3) is 4.77. The van der Waals surface area contributed by atoms with Crippen LogP contribution in [0.3, 0.4) is 0 Å². The smallest absolute Gasteiger partial charge is 0.224 e. The fourth-order valence-corrected chi connectivity index (χ4v) is 4.38. The summed E-state index contributed by atoms with van der Waals surface area (Å²) in [5.41, 5.74) is 7.41. The maximum Gasteiger partial charge on any atom is 0.224 e. The molecule has 1 amide bonds. The molecule has 0 radical (unpaired) electrons. The van der Waals surface area contributed by atoms with Crippen molar-refractivity contribution < 1.29 is 9.53 Å². The van der Waals surface area contributed by atoms with Gasteiger partial charge in [0, 0.05) is 30.9 Å². The van der Waals surface area contributed by atoms with Crippen LogP contribution in [-0.4, -0.2) is 48.2 Å². The zero-order valence-electron chi connectivity index (χ0n) is 16.2. The Hall–Kier alpha value is -1.59. The van der Waals surface area contributed by atoms with Gasteiger partial charge in [-0.3, -0.25) is 9.69 Å². The van der Waals surface area contributed by atoms with Crippen molar-refractivity contribution in [2.75, 3.05) is 32.0 Å². The topological polar surface area (TPSA) is 67.6 Å². The van der Waals surface area contributed by atoms with E-state index in [1.807, 2.05) is 24.3 Å². The van der Waals surface area contributed by atoms with Gasteiger partial charge in [0.2, 0.25) is 5.91 Å². The van der Waals surface area contributed by atoms with Gasteiger partial charge in [-0.05, 0) is 44.4 Å². The van der Waals surface area contributed by atoms with E-state index in [4.69, 9.17) is 10.5 Å². The minimum Gasteiger partial charge on any atom is -0.399 e. The monoisotopic (exact) mass is 359 g/mol. The minimum absolute atomic E-state index is 0.0794. The molecule has 1 heterocycles. The summed E-state index contributed by atoms with van der Waals surface area (Å²) in [5, 5.41) is 3.23. The quantitative estimate of drug-likeness (QED) is 0.793. The Morgan fingerprint density at radius 2 is 1.88 bits per heavy atom. The number of carbonyl (C=O) groups excluding carboxylic acids is 1. The number of amides is 1. The average molecular weight is 360 g/mol. The van der Waals surface area contributed by atoms with Crippen LogP contribution >= 0.6 is 0 Å². The van der Waals surface area contributed by atoms with Crippen molar-refractivity contribution in [1.29, 1.82) is 0 Å². The summed E-state index contributed by atoms with van der Waals surface area (Å²) in [6.45, 7) is 7.72. The number of morpholine rings is 1. The number of hydrogen-bond donors (Lipinski definition) is 2. The van der Waals surface area contributed by atoms with Crippen molar-refractivity contribution in [1.82, 2.24) is 10.2 Å². The van der Waals surface area contributed by atoms with Crippen molar-refractivity contribution in [2.45, 2.75) is 63.5 Å². The van der Waals surface area contributed by atoms with E-state index in [2.05, 4.69) is 24.1 Å². The van der Waals surface area contributed by atoms with Crippen LogP contribution in [0.5, 0.6) is 0 Å². The van der Waals surface area contributed by atoms with Crippen LogP contribution in [0.15, 0.2) is 24.3 Å². The van der Waals surface area contributed by atoms with E-state index in [-0.39, 0.29) is 17.0 Å². The highest BCUT2D eigenvalue weighted by molar-refractivity contribution is 5.78. The maximum absolute atomic E-state index is 12.5. The van der Waals surface area contributed by atoms with Crippen molar-refractivity contribution in [3.8, 4) is 0 Å². The molecule has 1 aromatic rings. The Morgan fingerprint density at radius 1 is 1.19 bits per heavy atom. The molecule has 5 nitrogen and oxygen atoms in total. The highest BCUT2D eigenvalue weighted by atomic mass is 16.5. The van der Waals surface area contributed by atoms with Gasteiger partial charge in [0.1, 0.15) is 0 Å². The molecule has 0 spiro atoms. The van der Waals surface area contributed by atoms with Gasteiger partial charge in [-0.1, -0.05) is 31.4 Å². The molecule has 0 bridgehead atoms. The zero-order valence-corrected chi connectivity index (χ0v) is 16.2. The summed E-state index contributed by atoms with van der Waals surface area (Å²) in [6, 6.07) is 7.55. The summed E-state index contributed by atoms with van der Waals surface area (Å²) in [7, 11) is 0. The SMILES string of the molecule is CC1(C)CN(C2(CNC(=O)Cc3ccc(N)cc3)CCCCC2)CCO1. The van der Waals surface area contributed by atoms with Gasteiger partial charge < -0.3 is 15.8 Å². The molecular formula is C21H33N3O2. The fourth-order valence-electron chi connectivity index (χ4n) is 4.38. The molecule has 1 saturated carbocycles. The average Bonchev–Trinajstić information content (AvgIpc) is 2.62. The van der Waals surface area contributed by atoms with Crippen LogP contribution in [0.2, 0.25) is 0 Å². The Balaban J connectivity index is 1.62. The Morgan fingerprint density at radius 3 is 2.54 bits per heavy atom. The van der Waals surface area contributed by atoms with E-state index in [1.165, 1.54) is 19.3 Å². The number of nitrogens with one attached hydrogen (secondary N) is 1. The van der Waals surface area contributed by atoms with Crippen LogP contribution in [0.4, 0.5) is 5.69 Å². The number of nitrogen functional groups attached to an aromatic ring is 1. The van der Waals surface area contributed by atoms with Gasteiger partial charge in [-0.25, -0.2) is 0 Å². The number of benzene rings is 1. The van der Waals surface area contributed by atoms with Crippen LogP contribution < -0.4 is 11.1 Å². The lowest BCUT2D eigenvalue weighted by Gasteiger charge is -2.51. The molecule has 26 heavy (non-hydrogen) atoms. The highest BCUT2D eigenvalue weighted by Crippen LogP contribution is 2.36. The molecule has 1 aromatic carbocycles. The molecule has 0 unspecified atom stereocenters. The number of nitrogens with zero attached hydrogens (tertiary/aromatic N) is 1. The summed E-state index contributed by atoms with van der Waals surface area (Å²) >= 11 is 0. The standard InChI is InChI=1S/C21H33N3O2/c1-20(2)16-24(12-13-26-20)21(10-4-3-5-11-21)15-23-19(25)14-17-6-8-18(22)9-7-17/h6-9H,3-5,10-16,22H2,1-2H3,(H,23,25). The largest absolute Gasteiger partial charge is 0.399 e. The first kappa shape index (κ1) is 19.2. The molecule has 1 aliphatic heterocycles. The van der Waals surface area contributed by atoms with Crippen LogP contribution in [0.25, 0.3) is 0 Å². The van der Waals surface area contributed by atoms with Crippen LogP contribution in [0, 0.1) is 0 Å². The summed E-state index contributed by atoms with van der Waals surface area (Å²) in [5.74, 6) is 0.0900. The van der Waals surface area contributed by atoms with Crippen molar-refractivity contribution in [3.05, 3.63) is 29.8 Å². The van der Waals surface area contributed by atoms with Crippen LogP contribution in [0.1, 0.15) is 51.5 Å². The fraction of sp³-hybridized carbons (Fsp3) is 0.667. The van der Waals surface area contributed by atoms with Crippen LogP contribution in [-0.2, 0) is 16.0 Å². The first-order chi connectivity index (χ1) is 12.4. The van der Waals surface area contributed by atoms with E-state index in [0.29, 0.717) is 6.42 Å². The molecule has 1 aliphatic carbocycles. The molecule has 144 valence electrons. The number of anilines is 1. The van der Waals surface area contributed by atoms with Gasteiger partial charge in [0.25, 0.3) is 0 Å². The highest BCUT2D eigenvalue weighted by Gasteiger charge is 2.42. The number of ether oxygens (including phenoxy) is 1. The lowest BCUT2D eigenvalue weighted by atomic mass is 9.79. The third-order valence-electron chi connectivity index (χ3n) is 5.84. The predicted octanol–water partition coefficient (Wildman–Crippen LogP) is 2.74. The second-order valence-electron chi connectivity index (χ2n) is 8.51. The van der Waals surface area contributed by atoms with E-state index in [0.717, 1.165) is 50.3 Å². The molecular weight excluding hydrogens is 326 g/mol. The number of carbonyl (C=O) groups is 1.